The normalized spacial score (nSPS) is 14.6. The zero-order valence-electron chi connectivity index (χ0n) is 15.7. The van der Waals surface area contributed by atoms with Crippen LogP contribution in [0.25, 0.3) is 5.69 Å². The predicted molar refractivity (Wildman–Crippen MR) is 113 cm³/mol. The number of piperidine rings is 1. The fourth-order valence-corrected chi connectivity index (χ4v) is 3.48. The lowest BCUT2D eigenvalue weighted by Crippen LogP contribution is -2.32. The molecule has 0 atom stereocenters. The van der Waals surface area contributed by atoms with Gasteiger partial charge in [-0.05, 0) is 50.5 Å². The Balaban J connectivity index is 1.68. The maximum Gasteiger partial charge on any atom is 0.168 e. The first-order valence-corrected chi connectivity index (χ1v) is 9.78. The molecule has 0 amide bonds. The van der Waals surface area contributed by atoms with Gasteiger partial charge in [0.15, 0.2) is 11.0 Å². The summed E-state index contributed by atoms with van der Waals surface area (Å²) in [5.41, 5.74) is 5.88. The number of rotatable bonds is 5. The van der Waals surface area contributed by atoms with Gasteiger partial charge in [-0.2, -0.15) is 10.2 Å². The Morgan fingerprint density at radius 2 is 1.82 bits per heavy atom. The summed E-state index contributed by atoms with van der Waals surface area (Å²) in [4.78, 5) is 2.40. The average molecular weight is 396 g/mol. The molecule has 1 aliphatic heterocycles. The Morgan fingerprint density at radius 1 is 1.04 bits per heavy atom. The summed E-state index contributed by atoms with van der Waals surface area (Å²) >= 11 is 5.77. The average Bonchev–Trinajstić information content (AvgIpc) is 3.07. The first-order chi connectivity index (χ1) is 13.7. The molecule has 1 N–H and O–H groups in total. The Hall–Kier alpha value is -2.93. The second kappa shape index (κ2) is 8.39. The van der Waals surface area contributed by atoms with Crippen molar-refractivity contribution in [2.75, 3.05) is 23.4 Å². The molecule has 1 aliphatic rings. The van der Waals surface area contributed by atoms with Crippen molar-refractivity contribution in [2.45, 2.75) is 26.2 Å². The minimum absolute atomic E-state index is 0.349. The monoisotopic (exact) mass is 395 g/mol. The van der Waals surface area contributed by atoms with Crippen LogP contribution >= 0.6 is 11.6 Å². The number of nitrogens with one attached hydrogen (secondary N) is 1. The van der Waals surface area contributed by atoms with Gasteiger partial charge in [-0.15, -0.1) is 10.2 Å². The number of hydrogen-bond acceptors (Lipinski definition) is 6. The SMILES string of the molecule is Cc1nn(-c2ccccc2)c(N2CCCCC2)c1/C=N\Nc1ccc(Cl)nn1. The van der Waals surface area contributed by atoms with Crippen molar-refractivity contribution in [3.8, 4) is 5.69 Å². The van der Waals surface area contributed by atoms with Crippen LogP contribution in [-0.4, -0.2) is 39.3 Å². The van der Waals surface area contributed by atoms with Crippen LogP contribution in [-0.2, 0) is 0 Å². The lowest BCUT2D eigenvalue weighted by Gasteiger charge is -2.29. The molecule has 1 saturated heterocycles. The van der Waals surface area contributed by atoms with E-state index in [-0.39, 0.29) is 0 Å². The highest BCUT2D eigenvalue weighted by atomic mass is 35.5. The van der Waals surface area contributed by atoms with E-state index in [4.69, 9.17) is 16.7 Å². The van der Waals surface area contributed by atoms with Crippen LogP contribution in [0.3, 0.4) is 0 Å². The number of hydrazone groups is 1. The summed E-state index contributed by atoms with van der Waals surface area (Å²) in [7, 11) is 0. The first kappa shape index (κ1) is 18.4. The molecule has 4 rings (SSSR count). The molecule has 0 bridgehead atoms. The molecule has 0 unspecified atom stereocenters. The van der Waals surface area contributed by atoms with Gasteiger partial charge in [-0.25, -0.2) is 4.68 Å². The van der Waals surface area contributed by atoms with Gasteiger partial charge in [0.05, 0.1) is 23.2 Å². The van der Waals surface area contributed by atoms with Gasteiger partial charge in [0.25, 0.3) is 0 Å². The van der Waals surface area contributed by atoms with Gasteiger partial charge in [-0.1, -0.05) is 29.8 Å². The smallest absolute Gasteiger partial charge is 0.168 e. The summed E-state index contributed by atoms with van der Waals surface area (Å²) in [6, 6.07) is 13.6. The van der Waals surface area contributed by atoms with E-state index >= 15 is 0 Å². The van der Waals surface area contributed by atoms with Crippen LogP contribution in [0.1, 0.15) is 30.5 Å². The Kier molecular flexibility index (Phi) is 5.53. The van der Waals surface area contributed by atoms with Gasteiger partial charge < -0.3 is 4.90 Å². The molecule has 8 heteroatoms. The van der Waals surface area contributed by atoms with Crippen LogP contribution in [0.4, 0.5) is 11.6 Å². The molecule has 0 radical (unpaired) electrons. The lowest BCUT2D eigenvalue weighted by molar-refractivity contribution is 0.567. The Labute approximate surface area is 169 Å². The van der Waals surface area contributed by atoms with E-state index in [9.17, 15) is 0 Å². The molecule has 3 heterocycles. The molecular weight excluding hydrogens is 374 g/mol. The molecule has 0 aliphatic carbocycles. The highest BCUT2D eigenvalue weighted by Crippen LogP contribution is 2.28. The van der Waals surface area contributed by atoms with Crippen molar-refractivity contribution in [2.24, 2.45) is 5.10 Å². The zero-order chi connectivity index (χ0) is 19.3. The van der Waals surface area contributed by atoms with Gasteiger partial charge in [0, 0.05) is 13.1 Å². The summed E-state index contributed by atoms with van der Waals surface area (Å²) in [5.74, 6) is 1.62. The second-order valence-electron chi connectivity index (χ2n) is 6.73. The van der Waals surface area contributed by atoms with Crippen molar-refractivity contribution in [1.29, 1.82) is 0 Å². The number of aromatic nitrogens is 4. The van der Waals surface area contributed by atoms with Crippen molar-refractivity contribution >= 4 is 29.5 Å². The van der Waals surface area contributed by atoms with Crippen molar-refractivity contribution < 1.29 is 0 Å². The molecule has 28 heavy (non-hydrogen) atoms. The van der Waals surface area contributed by atoms with Gasteiger partial charge >= 0.3 is 0 Å². The maximum atomic E-state index is 5.77. The summed E-state index contributed by atoms with van der Waals surface area (Å²) in [6.07, 6.45) is 5.46. The Bertz CT molecular complexity index is 945. The number of halogens is 1. The van der Waals surface area contributed by atoms with Crippen molar-refractivity contribution in [3.63, 3.8) is 0 Å². The number of anilines is 2. The molecule has 0 spiro atoms. The minimum Gasteiger partial charge on any atom is -0.356 e. The van der Waals surface area contributed by atoms with Gasteiger partial charge in [-0.3, -0.25) is 5.43 Å². The summed E-state index contributed by atoms with van der Waals surface area (Å²) in [5, 5.41) is 17.3. The van der Waals surface area contributed by atoms with Crippen molar-refractivity contribution in [3.05, 3.63) is 58.9 Å². The summed E-state index contributed by atoms with van der Waals surface area (Å²) < 4.78 is 2.02. The van der Waals surface area contributed by atoms with Crippen LogP contribution in [0.5, 0.6) is 0 Å². The van der Waals surface area contributed by atoms with Crippen LogP contribution in [0.15, 0.2) is 47.6 Å². The zero-order valence-corrected chi connectivity index (χ0v) is 16.5. The second-order valence-corrected chi connectivity index (χ2v) is 7.12. The predicted octanol–water partition coefficient (Wildman–Crippen LogP) is 4.06. The number of para-hydroxylation sites is 1. The molecule has 1 fully saturated rings. The third-order valence-corrected chi connectivity index (χ3v) is 4.94. The molecule has 3 aromatic rings. The van der Waals surface area contributed by atoms with Crippen LogP contribution < -0.4 is 10.3 Å². The fourth-order valence-electron chi connectivity index (χ4n) is 3.38. The van der Waals surface area contributed by atoms with Crippen LogP contribution in [0, 0.1) is 6.92 Å². The van der Waals surface area contributed by atoms with E-state index in [0.29, 0.717) is 11.0 Å². The topological polar surface area (TPSA) is 71.2 Å². The van der Waals surface area contributed by atoms with E-state index in [1.807, 2.05) is 36.0 Å². The van der Waals surface area contributed by atoms with E-state index < -0.39 is 0 Å². The maximum absolute atomic E-state index is 5.77. The van der Waals surface area contributed by atoms with Gasteiger partial charge in [0.2, 0.25) is 0 Å². The summed E-state index contributed by atoms with van der Waals surface area (Å²) in [6.45, 7) is 4.06. The van der Waals surface area contributed by atoms with E-state index in [0.717, 1.165) is 35.9 Å². The highest BCUT2D eigenvalue weighted by Gasteiger charge is 2.22. The molecule has 144 valence electrons. The van der Waals surface area contributed by atoms with Gasteiger partial charge in [0.1, 0.15) is 5.82 Å². The number of hydrogen-bond donors (Lipinski definition) is 1. The molecule has 2 aromatic heterocycles. The standard InChI is InChI=1S/C20H22ClN7/c1-15-17(14-22-24-19-11-10-18(21)23-25-19)20(27-12-6-3-7-13-27)28(26-15)16-8-4-2-5-9-16/h2,4-5,8-11,14H,3,6-7,12-13H2,1H3,(H,24,25)/b22-14-. The lowest BCUT2D eigenvalue weighted by atomic mass is 10.1. The van der Waals surface area contributed by atoms with Crippen LogP contribution in [0.2, 0.25) is 5.15 Å². The molecule has 7 nitrogen and oxygen atoms in total. The van der Waals surface area contributed by atoms with E-state index in [2.05, 4.69) is 37.8 Å². The first-order valence-electron chi connectivity index (χ1n) is 9.40. The molecule has 0 saturated carbocycles. The number of benzene rings is 1. The minimum atomic E-state index is 0.349. The number of aryl methyl sites for hydroxylation is 1. The quantitative estimate of drug-likeness (QED) is 0.521. The number of nitrogens with zero attached hydrogens (tertiary/aromatic N) is 6. The van der Waals surface area contributed by atoms with E-state index in [1.54, 1.807) is 12.1 Å². The van der Waals surface area contributed by atoms with E-state index in [1.165, 1.54) is 19.3 Å². The fraction of sp³-hybridized carbons (Fsp3) is 0.300. The third kappa shape index (κ3) is 3.99. The largest absolute Gasteiger partial charge is 0.356 e. The van der Waals surface area contributed by atoms with Crippen molar-refractivity contribution in [1.82, 2.24) is 20.0 Å². The Morgan fingerprint density at radius 3 is 2.54 bits per heavy atom. The molecular formula is C20H22ClN7. The molecule has 1 aromatic carbocycles. The third-order valence-electron chi connectivity index (χ3n) is 4.74. The highest BCUT2D eigenvalue weighted by molar-refractivity contribution is 6.29.